The highest BCUT2D eigenvalue weighted by Crippen LogP contribution is 2.44. The lowest BCUT2D eigenvalue weighted by atomic mass is 9.85. The second-order valence-electron chi connectivity index (χ2n) is 8.04. The minimum absolute atomic E-state index is 0.0420. The molecule has 0 unspecified atom stereocenters. The molecule has 178 valence electrons. The Morgan fingerprint density at radius 1 is 1.21 bits per heavy atom. The average molecular weight is 479 g/mol. The van der Waals surface area contributed by atoms with Crippen molar-refractivity contribution in [3.8, 4) is 11.3 Å². The van der Waals surface area contributed by atoms with E-state index in [9.17, 15) is 18.0 Å². The van der Waals surface area contributed by atoms with Crippen LogP contribution < -0.4 is 11.5 Å². The van der Waals surface area contributed by atoms with Gasteiger partial charge in [-0.1, -0.05) is 38.5 Å². The van der Waals surface area contributed by atoms with Gasteiger partial charge in [-0.2, -0.15) is 18.3 Å². The van der Waals surface area contributed by atoms with Gasteiger partial charge in [0.25, 0.3) is 5.91 Å². The Kier molecular flexibility index (Phi) is 7.64. The van der Waals surface area contributed by atoms with Crippen molar-refractivity contribution in [2.45, 2.75) is 51.6 Å². The molecular weight excluding hydrogens is 449 g/mol. The first kappa shape index (κ1) is 25.0. The van der Waals surface area contributed by atoms with Crippen molar-refractivity contribution in [1.29, 1.82) is 0 Å². The van der Waals surface area contributed by atoms with E-state index < -0.39 is 23.6 Å². The number of aromatic nitrogens is 2. The Morgan fingerprint density at radius 3 is 2.48 bits per heavy atom. The second kappa shape index (κ2) is 10.1. The van der Waals surface area contributed by atoms with Gasteiger partial charge in [-0.05, 0) is 48.6 Å². The van der Waals surface area contributed by atoms with Crippen molar-refractivity contribution in [2.24, 2.45) is 18.5 Å². The Balaban J connectivity index is 2.25. The van der Waals surface area contributed by atoms with Gasteiger partial charge in [-0.25, -0.2) is 0 Å². The summed E-state index contributed by atoms with van der Waals surface area (Å²) in [7, 11) is 1.83. The maximum absolute atomic E-state index is 13.6. The van der Waals surface area contributed by atoms with Gasteiger partial charge in [0, 0.05) is 23.4 Å². The highest BCUT2D eigenvalue weighted by molar-refractivity contribution is 7.14. The highest BCUT2D eigenvalue weighted by Gasteiger charge is 2.35. The smallest absolute Gasteiger partial charge is 0.365 e. The summed E-state index contributed by atoms with van der Waals surface area (Å²) in [6, 6.07) is 5.50. The maximum atomic E-state index is 13.6. The number of hydrogen-bond acceptors (Lipinski definition) is 4. The van der Waals surface area contributed by atoms with Crippen molar-refractivity contribution in [2.75, 3.05) is 6.54 Å². The lowest BCUT2D eigenvalue weighted by molar-refractivity contribution is -0.138. The molecule has 4 N–H and O–H groups in total. The number of primary amides is 1. The van der Waals surface area contributed by atoms with Crippen LogP contribution in [0.1, 0.15) is 63.0 Å². The number of nitrogens with zero attached hydrogens (tertiary/aromatic N) is 2. The van der Waals surface area contributed by atoms with E-state index in [1.54, 1.807) is 16.9 Å². The molecule has 0 radical (unpaired) electrons. The first-order valence-electron chi connectivity index (χ1n) is 11.0. The summed E-state index contributed by atoms with van der Waals surface area (Å²) >= 11 is 1.30. The molecule has 3 aromatic rings. The van der Waals surface area contributed by atoms with Crippen LogP contribution in [0.25, 0.3) is 11.3 Å². The number of nitrogens with two attached hydrogens (primary N) is 2. The van der Waals surface area contributed by atoms with Crippen LogP contribution in [0.2, 0.25) is 0 Å². The fraction of sp³-hybridized carbons (Fsp3) is 0.417. The van der Waals surface area contributed by atoms with Gasteiger partial charge < -0.3 is 11.5 Å². The predicted molar refractivity (Wildman–Crippen MR) is 125 cm³/mol. The summed E-state index contributed by atoms with van der Waals surface area (Å²) in [6.07, 6.45) is -0.294. The van der Waals surface area contributed by atoms with Crippen LogP contribution in [0.4, 0.5) is 13.2 Å². The van der Waals surface area contributed by atoms with E-state index in [1.807, 2.05) is 14.0 Å². The van der Waals surface area contributed by atoms with Crippen molar-refractivity contribution < 1.29 is 18.0 Å². The summed E-state index contributed by atoms with van der Waals surface area (Å²) in [5.41, 5.74) is 14.7. The van der Waals surface area contributed by atoms with Gasteiger partial charge in [0.1, 0.15) is 0 Å². The normalized spacial score (nSPS) is 12.8. The molecule has 0 aliphatic carbocycles. The zero-order valence-corrected chi connectivity index (χ0v) is 19.8. The van der Waals surface area contributed by atoms with Gasteiger partial charge in [-0.3, -0.25) is 9.48 Å². The quantitative estimate of drug-likeness (QED) is 0.450. The number of benzene rings is 1. The minimum atomic E-state index is -4.48. The molecule has 1 atom stereocenters. The van der Waals surface area contributed by atoms with Crippen LogP contribution in [-0.2, 0) is 32.5 Å². The number of aryl methyl sites for hydroxylation is 3. The van der Waals surface area contributed by atoms with Crippen LogP contribution in [0.15, 0.2) is 30.5 Å². The number of amides is 1. The molecule has 0 aliphatic rings. The average Bonchev–Trinajstić information content (AvgIpc) is 3.31. The lowest BCUT2D eigenvalue weighted by Gasteiger charge is -2.21. The molecule has 0 saturated carbocycles. The number of halogens is 3. The summed E-state index contributed by atoms with van der Waals surface area (Å²) in [5.74, 6) is -1.12. The molecule has 9 heteroatoms. The summed E-state index contributed by atoms with van der Waals surface area (Å²) in [5, 5.41) is 4.42. The highest BCUT2D eigenvalue weighted by atomic mass is 32.1. The van der Waals surface area contributed by atoms with Crippen LogP contribution in [0.5, 0.6) is 0 Å². The summed E-state index contributed by atoms with van der Waals surface area (Å²) < 4.78 is 42.7. The maximum Gasteiger partial charge on any atom is 0.416 e. The van der Waals surface area contributed by atoms with Crippen molar-refractivity contribution in [3.63, 3.8) is 0 Å². The Labute approximate surface area is 195 Å². The van der Waals surface area contributed by atoms with E-state index in [4.69, 9.17) is 11.5 Å². The van der Waals surface area contributed by atoms with E-state index in [0.29, 0.717) is 16.9 Å². The molecule has 0 fully saturated rings. The fourth-order valence-corrected chi connectivity index (χ4v) is 5.55. The molecule has 1 aromatic carbocycles. The summed E-state index contributed by atoms with van der Waals surface area (Å²) in [4.78, 5) is 13.8. The Hall–Kier alpha value is -2.65. The number of thiophene rings is 1. The zero-order chi connectivity index (χ0) is 24.3. The van der Waals surface area contributed by atoms with Gasteiger partial charge in [0.05, 0.1) is 22.3 Å². The Bertz CT molecular complexity index is 1130. The van der Waals surface area contributed by atoms with E-state index in [-0.39, 0.29) is 18.5 Å². The van der Waals surface area contributed by atoms with Crippen molar-refractivity contribution >= 4 is 17.2 Å². The van der Waals surface area contributed by atoms with Crippen LogP contribution in [0, 0.1) is 0 Å². The van der Waals surface area contributed by atoms with Gasteiger partial charge in [-0.15, -0.1) is 11.3 Å². The molecule has 3 rings (SSSR count). The number of carbonyl (C=O) groups is 1. The van der Waals surface area contributed by atoms with E-state index in [1.165, 1.54) is 23.5 Å². The van der Waals surface area contributed by atoms with Crippen LogP contribution >= 0.6 is 11.3 Å². The molecule has 1 amide bonds. The lowest BCUT2D eigenvalue weighted by Crippen LogP contribution is -2.21. The topological polar surface area (TPSA) is 86.9 Å². The second-order valence-corrected chi connectivity index (χ2v) is 9.15. The third-order valence-corrected chi connectivity index (χ3v) is 7.18. The molecule has 0 aliphatic heterocycles. The SMILES string of the molecule is CCCc1cnn(C)c1-c1c(CC)sc(C(N)=O)c1[C@@H](CN)Cc1ccccc1C(F)(F)F. The third-order valence-electron chi connectivity index (χ3n) is 5.82. The molecule has 0 saturated heterocycles. The largest absolute Gasteiger partial charge is 0.416 e. The molecule has 5 nitrogen and oxygen atoms in total. The molecule has 2 aromatic heterocycles. The molecular formula is C24H29F3N4OS. The first-order valence-corrected chi connectivity index (χ1v) is 11.8. The minimum Gasteiger partial charge on any atom is -0.365 e. The third kappa shape index (κ3) is 4.99. The summed E-state index contributed by atoms with van der Waals surface area (Å²) in [6.45, 7) is 4.12. The Morgan fingerprint density at radius 2 is 1.91 bits per heavy atom. The van der Waals surface area contributed by atoms with Crippen molar-refractivity contribution in [3.05, 3.63) is 62.5 Å². The van der Waals surface area contributed by atoms with E-state index in [2.05, 4.69) is 12.0 Å². The van der Waals surface area contributed by atoms with Crippen LogP contribution in [0.3, 0.4) is 0 Å². The zero-order valence-electron chi connectivity index (χ0n) is 19.0. The standard InChI is InChI=1S/C24H29F3N4OS/c1-4-8-15-13-30-31(3)21(15)20-18(5-2)33-22(23(29)32)19(20)16(12-28)11-14-9-6-7-10-17(14)24(25,26)27/h6-7,9-10,13,16H,4-5,8,11-12,28H2,1-3H3,(H2,29,32)/t16-/m1/s1. The first-order chi connectivity index (χ1) is 15.6. The van der Waals surface area contributed by atoms with Gasteiger partial charge >= 0.3 is 6.18 Å². The predicted octanol–water partition coefficient (Wildman–Crippen LogP) is 5.07. The van der Waals surface area contributed by atoms with Crippen LogP contribution in [-0.4, -0.2) is 22.2 Å². The molecule has 2 heterocycles. The molecule has 33 heavy (non-hydrogen) atoms. The van der Waals surface area contributed by atoms with Crippen molar-refractivity contribution in [1.82, 2.24) is 9.78 Å². The number of alkyl halides is 3. The van der Waals surface area contributed by atoms with Gasteiger partial charge in [0.2, 0.25) is 0 Å². The van der Waals surface area contributed by atoms with Gasteiger partial charge in [0.15, 0.2) is 0 Å². The molecule has 0 spiro atoms. The molecule has 0 bridgehead atoms. The monoisotopic (exact) mass is 478 g/mol. The fourth-order valence-electron chi connectivity index (χ4n) is 4.38. The number of rotatable bonds is 9. The van der Waals surface area contributed by atoms with E-state index in [0.717, 1.165) is 40.6 Å². The number of carbonyl (C=O) groups excluding carboxylic acids is 1. The van der Waals surface area contributed by atoms with E-state index >= 15 is 0 Å². The number of hydrogen-bond donors (Lipinski definition) is 2.